The van der Waals surface area contributed by atoms with Crippen LogP contribution in [-0.2, 0) is 0 Å². The maximum atomic E-state index is 6.47. The molecule has 1 nitrogen and oxygen atoms in total. The van der Waals surface area contributed by atoms with Crippen molar-refractivity contribution < 1.29 is 4.42 Å². The molecule has 0 saturated heterocycles. The molecule has 0 N–H and O–H groups in total. The second-order valence-electron chi connectivity index (χ2n) is 12.4. The van der Waals surface area contributed by atoms with E-state index in [0.717, 1.165) is 27.3 Å². The van der Waals surface area contributed by atoms with Crippen molar-refractivity contribution >= 4 is 65.0 Å². The monoisotopic (exact) mass is 596 g/mol. The molecule has 10 aromatic rings. The number of para-hydroxylation sites is 1. The highest BCUT2D eigenvalue weighted by molar-refractivity contribution is 6.27. The van der Waals surface area contributed by atoms with Gasteiger partial charge < -0.3 is 4.42 Å². The van der Waals surface area contributed by atoms with E-state index in [1.807, 2.05) is 6.07 Å². The first-order valence-electron chi connectivity index (χ1n) is 16.2. The van der Waals surface area contributed by atoms with E-state index in [2.05, 4.69) is 164 Å². The summed E-state index contributed by atoms with van der Waals surface area (Å²) in [6, 6.07) is 61.6. The summed E-state index contributed by atoms with van der Waals surface area (Å²) in [5.74, 6) is 0. The number of rotatable bonds is 3. The molecule has 0 spiro atoms. The van der Waals surface area contributed by atoms with Crippen molar-refractivity contribution in [3.8, 4) is 33.4 Å². The second kappa shape index (κ2) is 10.2. The van der Waals surface area contributed by atoms with Gasteiger partial charge in [-0.05, 0) is 83.2 Å². The molecule has 1 heteroatoms. The first kappa shape index (κ1) is 26.1. The van der Waals surface area contributed by atoms with Crippen LogP contribution in [0.4, 0.5) is 0 Å². The number of fused-ring (bicyclic) bond motifs is 8. The standard InChI is InChI=1S/C46H28O/c1-2-14-32-29(12-1)13-11-22-33(32)30-24-26-31(27-25-30)44-36-17-4-6-19-38(36)45(39-20-7-5-18-37(39)44)41-28-42-35-16-9-10-23-43(35)47-46(42)40-21-8-3-15-34(40)41/h1-28H. The normalized spacial score (nSPS) is 11.8. The molecule has 0 amide bonds. The van der Waals surface area contributed by atoms with Gasteiger partial charge in [-0.3, -0.25) is 0 Å². The molecule has 0 unspecified atom stereocenters. The quantitative estimate of drug-likeness (QED) is 0.185. The van der Waals surface area contributed by atoms with Gasteiger partial charge in [0.1, 0.15) is 11.2 Å². The Hall–Kier alpha value is -6.18. The van der Waals surface area contributed by atoms with Crippen LogP contribution >= 0.6 is 0 Å². The van der Waals surface area contributed by atoms with Crippen LogP contribution in [0, 0.1) is 0 Å². The molecular weight excluding hydrogens is 569 g/mol. The minimum atomic E-state index is 0.918. The molecule has 0 atom stereocenters. The molecule has 47 heavy (non-hydrogen) atoms. The maximum Gasteiger partial charge on any atom is 0.143 e. The Morgan fingerprint density at radius 3 is 1.51 bits per heavy atom. The Morgan fingerprint density at radius 1 is 0.298 bits per heavy atom. The van der Waals surface area contributed by atoms with Gasteiger partial charge in [-0.25, -0.2) is 0 Å². The molecule has 0 aliphatic heterocycles. The number of hydrogen-bond acceptors (Lipinski definition) is 1. The van der Waals surface area contributed by atoms with E-state index >= 15 is 0 Å². The molecular formula is C46H28O. The average Bonchev–Trinajstić information content (AvgIpc) is 3.52. The summed E-state index contributed by atoms with van der Waals surface area (Å²) in [7, 11) is 0. The first-order chi connectivity index (χ1) is 23.3. The van der Waals surface area contributed by atoms with Crippen LogP contribution in [0.1, 0.15) is 0 Å². The van der Waals surface area contributed by atoms with Crippen LogP contribution in [0.15, 0.2) is 174 Å². The summed E-state index contributed by atoms with van der Waals surface area (Å²) in [5, 5.41) is 12.2. The lowest BCUT2D eigenvalue weighted by Crippen LogP contribution is -1.92. The molecule has 10 rings (SSSR count). The van der Waals surface area contributed by atoms with Gasteiger partial charge in [0.2, 0.25) is 0 Å². The minimum absolute atomic E-state index is 0.918. The Labute approximate surface area is 271 Å². The van der Waals surface area contributed by atoms with Crippen molar-refractivity contribution in [1.29, 1.82) is 0 Å². The van der Waals surface area contributed by atoms with Crippen molar-refractivity contribution in [1.82, 2.24) is 0 Å². The van der Waals surface area contributed by atoms with Gasteiger partial charge in [-0.1, -0.05) is 158 Å². The Morgan fingerprint density at radius 2 is 0.809 bits per heavy atom. The zero-order valence-electron chi connectivity index (χ0n) is 25.6. The third-order valence-electron chi connectivity index (χ3n) is 9.86. The highest BCUT2D eigenvalue weighted by Crippen LogP contribution is 2.47. The second-order valence-corrected chi connectivity index (χ2v) is 12.4. The van der Waals surface area contributed by atoms with E-state index in [4.69, 9.17) is 4.42 Å². The van der Waals surface area contributed by atoms with E-state index < -0.39 is 0 Å². The van der Waals surface area contributed by atoms with Gasteiger partial charge in [-0.2, -0.15) is 0 Å². The first-order valence-corrected chi connectivity index (χ1v) is 16.2. The van der Waals surface area contributed by atoms with Gasteiger partial charge in [-0.15, -0.1) is 0 Å². The zero-order valence-corrected chi connectivity index (χ0v) is 25.6. The van der Waals surface area contributed by atoms with E-state index in [0.29, 0.717) is 0 Å². The largest absolute Gasteiger partial charge is 0.455 e. The Kier molecular flexibility index (Phi) is 5.64. The molecule has 0 aliphatic rings. The van der Waals surface area contributed by atoms with Gasteiger partial charge in [0.25, 0.3) is 0 Å². The summed E-state index contributed by atoms with van der Waals surface area (Å²) in [5.41, 5.74) is 9.32. The molecule has 9 aromatic carbocycles. The maximum absolute atomic E-state index is 6.47. The van der Waals surface area contributed by atoms with Gasteiger partial charge in [0.05, 0.1) is 0 Å². The van der Waals surface area contributed by atoms with Crippen molar-refractivity contribution in [3.63, 3.8) is 0 Å². The topological polar surface area (TPSA) is 13.1 Å². The molecule has 218 valence electrons. The lowest BCUT2D eigenvalue weighted by molar-refractivity contribution is 0.672. The fourth-order valence-electron chi connectivity index (χ4n) is 7.78. The van der Waals surface area contributed by atoms with Crippen LogP contribution in [-0.4, -0.2) is 0 Å². The van der Waals surface area contributed by atoms with Crippen LogP contribution in [0.2, 0.25) is 0 Å². The molecule has 0 bridgehead atoms. The highest BCUT2D eigenvalue weighted by atomic mass is 16.3. The smallest absolute Gasteiger partial charge is 0.143 e. The third-order valence-corrected chi connectivity index (χ3v) is 9.86. The van der Waals surface area contributed by atoms with Gasteiger partial charge in [0.15, 0.2) is 0 Å². The van der Waals surface area contributed by atoms with Crippen LogP contribution in [0.3, 0.4) is 0 Å². The Bertz CT molecular complexity index is 2770. The number of benzene rings is 9. The zero-order chi connectivity index (χ0) is 30.9. The highest BCUT2D eigenvalue weighted by Gasteiger charge is 2.20. The van der Waals surface area contributed by atoms with E-state index in [1.165, 1.54) is 71.1 Å². The van der Waals surface area contributed by atoms with Crippen LogP contribution < -0.4 is 0 Å². The molecule has 0 radical (unpaired) electrons. The summed E-state index contributed by atoms with van der Waals surface area (Å²) in [6.45, 7) is 0. The minimum Gasteiger partial charge on any atom is -0.455 e. The summed E-state index contributed by atoms with van der Waals surface area (Å²) >= 11 is 0. The third kappa shape index (κ3) is 3.90. The van der Waals surface area contributed by atoms with Crippen molar-refractivity contribution in [2.24, 2.45) is 0 Å². The summed E-state index contributed by atoms with van der Waals surface area (Å²) in [4.78, 5) is 0. The van der Waals surface area contributed by atoms with Gasteiger partial charge in [0, 0.05) is 16.2 Å². The number of hydrogen-bond donors (Lipinski definition) is 0. The Balaban J connectivity index is 1.26. The molecule has 0 aliphatic carbocycles. The fourth-order valence-corrected chi connectivity index (χ4v) is 7.78. The predicted molar refractivity (Wildman–Crippen MR) is 200 cm³/mol. The molecule has 1 aromatic heterocycles. The van der Waals surface area contributed by atoms with Crippen molar-refractivity contribution in [2.45, 2.75) is 0 Å². The predicted octanol–water partition coefficient (Wildman–Crippen LogP) is 13.2. The summed E-state index contributed by atoms with van der Waals surface area (Å²) < 4.78 is 6.47. The summed E-state index contributed by atoms with van der Waals surface area (Å²) in [6.07, 6.45) is 0. The number of furan rings is 1. The van der Waals surface area contributed by atoms with Crippen LogP contribution in [0.5, 0.6) is 0 Å². The molecule has 0 saturated carbocycles. The molecule has 0 fully saturated rings. The van der Waals surface area contributed by atoms with Crippen molar-refractivity contribution in [2.75, 3.05) is 0 Å². The lowest BCUT2D eigenvalue weighted by Gasteiger charge is -2.19. The van der Waals surface area contributed by atoms with Crippen molar-refractivity contribution in [3.05, 3.63) is 170 Å². The average molecular weight is 597 g/mol. The lowest BCUT2D eigenvalue weighted by atomic mass is 9.84. The van der Waals surface area contributed by atoms with E-state index in [9.17, 15) is 0 Å². The van der Waals surface area contributed by atoms with E-state index in [1.54, 1.807) is 0 Å². The van der Waals surface area contributed by atoms with E-state index in [-0.39, 0.29) is 0 Å². The fraction of sp³-hybridized carbons (Fsp3) is 0. The molecule has 1 heterocycles. The van der Waals surface area contributed by atoms with Gasteiger partial charge >= 0.3 is 0 Å². The SMILES string of the molecule is c1ccc2c(-c3ccc(-c4c5ccccc5c(-c5cc6c7ccccc7oc6c6ccccc56)c5ccccc45)cc3)cccc2c1. The van der Waals surface area contributed by atoms with Crippen LogP contribution in [0.25, 0.3) is 98.4 Å².